The molecule has 23 heavy (non-hydrogen) atoms. The zero-order valence-electron chi connectivity index (χ0n) is 13.4. The van der Waals surface area contributed by atoms with Gasteiger partial charge in [-0.3, -0.25) is 4.79 Å². The van der Waals surface area contributed by atoms with Crippen molar-refractivity contribution < 1.29 is 14.1 Å². The van der Waals surface area contributed by atoms with Gasteiger partial charge in [0.2, 0.25) is 5.88 Å². The van der Waals surface area contributed by atoms with Crippen LogP contribution in [0.2, 0.25) is 0 Å². The maximum absolute atomic E-state index is 12.3. The van der Waals surface area contributed by atoms with E-state index in [0.29, 0.717) is 25.0 Å². The van der Waals surface area contributed by atoms with Crippen molar-refractivity contribution in [3.8, 4) is 0 Å². The number of nitrogens with zero attached hydrogens (tertiary/aromatic N) is 2. The molecule has 1 aliphatic heterocycles. The normalized spacial score (nSPS) is 15.0. The fourth-order valence-corrected chi connectivity index (χ4v) is 2.45. The molecule has 0 saturated carbocycles. The number of rotatable bonds is 4. The van der Waals surface area contributed by atoms with E-state index in [4.69, 9.17) is 9.26 Å². The number of anilines is 2. The molecule has 1 aromatic carbocycles. The highest BCUT2D eigenvalue weighted by molar-refractivity contribution is 6.03. The van der Waals surface area contributed by atoms with E-state index in [-0.39, 0.29) is 11.6 Å². The number of benzene rings is 1. The number of aromatic nitrogens is 1. The zero-order chi connectivity index (χ0) is 16.2. The third kappa shape index (κ3) is 3.71. The van der Waals surface area contributed by atoms with Crippen molar-refractivity contribution in [2.45, 2.75) is 19.8 Å². The van der Waals surface area contributed by atoms with Gasteiger partial charge in [0.15, 0.2) is 5.69 Å². The number of nitrogens with one attached hydrogen (secondary N) is 1. The summed E-state index contributed by atoms with van der Waals surface area (Å²) in [5, 5.41) is 6.70. The first-order valence-corrected chi connectivity index (χ1v) is 7.84. The number of carbonyl (C=O) groups excluding carboxylic acids is 1. The molecule has 1 aromatic heterocycles. The van der Waals surface area contributed by atoms with Gasteiger partial charge < -0.3 is 19.5 Å². The van der Waals surface area contributed by atoms with Crippen LogP contribution >= 0.6 is 0 Å². The van der Waals surface area contributed by atoms with E-state index in [1.54, 1.807) is 6.07 Å². The highest BCUT2D eigenvalue weighted by Gasteiger charge is 2.19. The topological polar surface area (TPSA) is 67.6 Å². The second-order valence-corrected chi connectivity index (χ2v) is 5.88. The Bertz CT molecular complexity index is 658. The summed E-state index contributed by atoms with van der Waals surface area (Å²) >= 11 is 0. The molecule has 0 aliphatic carbocycles. The zero-order valence-corrected chi connectivity index (χ0v) is 13.4. The van der Waals surface area contributed by atoms with Gasteiger partial charge in [0, 0.05) is 24.8 Å². The Balaban J connectivity index is 1.65. The molecule has 122 valence electrons. The summed E-state index contributed by atoms with van der Waals surface area (Å²) in [6.07, 6.45) is 0. The quantitative estimate of drug-likeness (QED) is 0.939. The minimum atomic E-state index is -0.273. The summed E-state index contributed by atoms with van der Waals surface area (Å²) in [5.74, 6) is 0.797. The Kier molecular flexibility index (Phi) is 4.62. The van der Waals surface area contributed by atoms with Crippen LogP contribution in [0.1, 0.15) is 35.8 Å². The summed E-state index contributed by atoms with van der Waals surface area (Å²) in [6.45, 7) is 7.07. The molecule has 1 amide bonds. The Morgan fingerprint density at radius 2 is 1.91 bits per heavy atom. The second kappa shape index (κ2) is 6.83. The predicted octanol–water partition coefficient (Wildman–Crippen LogP) is 2.89. The summed E-state index contributed by atoms with van der Waals surface area (Å²) < 4.78 is 10.6. The molecule has 2 aromatic rings. The SMILES string of the molecule is CC(C)c1ccc(NC(=O)c2cc(N3CCOCC3)on2)cc1. The van der Waals surface area contributed by atoms with Crippen molar-refractivity contribution in [3.63, 3.8) is 0 Å². The van der Waals surface area contributed by atoms with Crippen LogP contribution in [0.15, 0.2) is 34.9 Å². The lowest BCUT2D eigenvalue weighted by Gasteiger charge is -2.25. The molecule has 0 atom stereocenters. The summed E-state index contributed by atoms with van der Waals surface area (Å²) in [5.41, 5.74) is 2.26. The van der Waals surface area contributed by atoms with Crippen LogP contribution in [-0.2, 0) is 4.74 Å². The van der Waals surface area contributed by atoms with Crippen LogP contribution in [0.25, 0.3) is 0 Å². The van der Waals surface area contributed by atoms with Gasteiger partial charge in [0.05, 0.1) is 13.2 Å². The van der Waals surface area contributed by atoms with Crippen molar-refractivity contribution in [1.29, 1.82) is 0 Å². The van der Waals surface area contributed by atoms with E-state index in [1.165, 1.54) is 5.56 Å². The van der Waals surface area contributed by atoms with E-state index in [0.717, 1.165) is 18.8 Å². The average Bonchev–Trinajstić information content (AvgIpc) is 3.06. The molecule has 0 radical (unpaired) electrons. The van der Waals surface area contributed by atoms with Gasteiger partial charge in [-0.25, -0.2) is 0 Å². The van der Waals surface area contributed by atoms with Crippen molar-refractivity contribution >= 4 is 17.5 Å². The summed E-state index contributed by atoms with van der Waals surface area (Å²) in [7, 11) is 0. The third-order valence-corrected chi connectivity index (χ3v) is 3.89. The Morgan fingerprint density at radius 3 is 2.57 bits per heavy atom. The minimum Gasteiger partial charge on any atom is -0.378 e. The van der Waals surface area contributed by atoms with Gasteiger partial charge in [-0.1, -0.05) is 31.1 Å². The van der Waals surface area contributed by atoms with E-state index in [2.05, 4.69) is 24.3 Å². The number of amides is 1. The molecule has 1 fully saturated rings. The highest BCUT2D eigenvalue weighted by atomic mass is 16.5. The Morgan fingerprint density at radius 1 is 1.22 bits per heavy atom. The molecular formula is C17H21N3O3. The number of morpholine rings is 1. The molecule has 2 heterocycles. The van der Waals surface area contributed by atoms with Gasteiger partial charge in [-0.05, 0) is 23.6 Å². The van der Waals surface area contributed by atoms with Crippen molar-refractivity contribution in [1.82, 2.24) is 5.16 Å². The van der Waals surface area contributed by atoms with Crippen LogP contribution < -0.4 is 10.2 Å². The van der Waals surface area contributed by atoms with E-state index >= 15 is 0 Å². The molecule has 3 rings (SSSR count). The van der Waals surface area contributed by atoms with Crippen molar-refractivity contribution in [2.24, 2.45) is 0 Å². The Hall–Kier alpha value is -2.34. The maximum Gasteiger partial charge on any atom is 0.277 e. The largest absolute Gasteiger partial charge is 0.378 e. The standard InChI is InChI=1S/C17H21N3O3/c1-12(2)13-3-5-14(6-4-13)18-17(21)15-11-16(23-19-15)20-7-9-22-10-8-20/h3-6,11-12H,7-10H2,1-2H3,(H,18,21). The van der Waals surface area contributed by atoms with Crippen LogP contribution in [0.3, 0.4) is 0 Å². The molecule has 0 bridgehead atoms. The number of ether oxygens (including phenoxy) is 1. The molecule has 6 nitrogen and oxygen atoms in total. The number of hydrogen-bond acceptors (Lipinski definition) is 5. The van der Waals surface area contributed by atoms with Crippen LogP contribution in [0, 0.1) is 0 Å². The Labute approximate surface area is 135 Å². The second-order valence-electron chi connectivity index (χ2n) is 5.88. The van der Waals surface area contributed by atoms with Crippen LogP contribution in [0.4, 0.5) is 11.6 Å². The van der Waals surface area contributed by atoms with E-state index in [1.807, 2.05) is 29.2 Å². The van der Waals surface area contributed by atoms with E-state index < -0.39 is 0 Å². The van der Waals surface area contributed by atoms with Crippen molar-refractivity contribution in [2.75, 3.05) is 36.5 Å². The fraction of sp³-hybridized carbons (Fsp3) is 0.412. The van der Waals surface area contributed by atoms with Crippen LogP contribution in [-0.4, -0.2) is 37.4 Å². The first-order chi connectivity index (χ1) is 11.1. The molecule has 0 unspecified atom stereocenters. The lowest BCUT2D eigenvalue weighted by molar-refractivity contribution is 0.101. The highest BCUT2D eigenvalue weighted by Crippen LogP contribution is 2.20. The van der Waals surface area contributed by atoms with Gasteiger partial charge in [-0.15, -0.1) is 0 Å². The van der Waals surface area contributed by atoms with Crippen molar-refractivity contribution in [3.05, 3.63) is 41.6 Å². The summed E-state index contributed by atoms with van der Waals surface area (Å²) in [6, 6.07) is 9.50. The van der Waals surface area contributed by atoms with Gasteiger partial charge >= 0.3 is 0 Å². The number of hydrogen-bond donors (Lipinski definition) is 1. The molecule has 1 N–H and O–H groups in total. The van der Waals surface area contributed by atoms with E-state index in [9.17, 15) is 4.79 Å². The van der Waals surface area contributed by atoms with Crippen LogP contribution in [0.5, 0.6) is 0 Å². The summed E-state index contributed by atoms with van der Waals surface area (Å²) in [4.78, 5) is 14.3. The minimum absolute atomic E-state index is 0.273. The molecule has 0 spiro atoms. The molecule has 1 aliphatic rings. The smallest absolute Gasteiger partial charge is 0.277 e. The molecular weight excluding hydrogens is 294 g/mol. The maximum atomic E-state index is 12.3. The first-order valence-electron chi connectivity index (χ1n) is 7.84. The molecule has 1 saturated heterocycles. The third-order valence-electron chi connectivity index (χ3n) is 3.89. The first kappa shape index (κ1) is 15.6. The van der Waals surface area contributed by atoms with Gasteiger partial charge in [0.1, 0.15) is 0 Å². The average molecular weight is 315 g/mol. The monoisotopic (exact) mass is 315 g/mol. The predicted molar refractivity (Wildman–Crippen MR) is 88.0 cm³/mol. The van der Waals surface area contributed by atoms with Gasteiger partial charge in [0.25, 0.3) is 5.91 Å². The lowest BCUT2D eigenvalue weighted by atomic mass is 10.0. The number of carbonyl (C=O) groups is 1. The fourth-order valence-electron chi connectivity index (χ4n) is 2.45. The lowest BCUT2D eigenvalue weighted by Crippen LogP contribution is -2.35. The molecule has 6 heteroatoms. The van der Waals surface area contributed by atoms with Gasteiger partial charge in [-0.2, -0.15) is 0 Å².